The van der Waals surface area contributed by atoms with E-state index in [0.717, 1.165) is 24.2 Å². The normalized spacial score (nSPS) is 16.6. The van der Waals surface area contributed by atoms with Crippen LogP contribution in [-0.2, 0) is 5.54 Å². The lowest BCUT2D eigenvalue weighted by Crippen LogP contribution is -2.40. The molecule has 0 radical (unpaired) electrons. The van der Waals surface area contributed by atoms with E-state index in [2.05, 4.69) is 26.8 Å². The number of nitrogens with two attached hydrogens (primary N) is 1. The topological polar surface area (TPSA) is 35.2 Å². The molecular formula is C14H23NO. The van der Waals surface area contributed by atoms with E-state index < -0.39 is 0 Å². The first-order valence-electron chi connectivity index (χ1n) is 5.96. The lowest BCUT2D eigenvalue weighted by atomic mass is 9.79. The van der Waals surface area contributed by atoms with Crippen molar-refractivity contribution in [2.45, 2.75) is 39.2 Å². The van der Waals surface area contributed by atoms with Crippen LogP contribution < -0.4 is 10.5 Å². The third kappa shape index (κ3) is 2.56. The number of ether oxygens (including phenoxy) is 1. The van der Waals surface area contributed by atoms with Crippen LogP contribution in [-0.4, -0.2) is 7.11 Å². The summed E-state index contributed by atoms with van der Waals surface area (Å²) in [5, 5.41) is 0. The third-order valence-electron chi connectivity index (χ3n) is 3.43. The molecule has 0 saturated carbocycles. The van der Waals surface area contributed by atoms with E-state index in [4.69, 9.17) is 10.5 Å². The Balaban J connectivity index is 3.05. The zero-order chi connectivity index (χ0) is 12.2. The molecule has 0 spiro atoms. The summed E-state index contributed by atoms with van der Waals surface area (Å²) < 4.78 is 5.38. The molecule has 2 heteroatoms. The maximum Gasteiger partial charge on any atom is 0.123 e. The Morgan fingerprint density at radius 2 is 2.00 bits per heavy atom. The lowest BCUT2D eigenvalue weighted by molar-refractivity contribution is 0.290. The summed E-state index contributed by atoms with van der Waals surface area (Å²) in [6.45, 7) is 6.48. The van der Waals surface area contributed by atoms with Crippen LogP contribution in [0.4, 0.5) is 0 Å². The van der Waals surface area contributed by atoms with Crippen LogP contribution in [0.15, 0.2) is 24.3 Å². The summed E-state index contributed by atoms with van der Waals surface area (Å²) in [6.07, 6.45) is 2.29. The maximum absolute atomic E-state index is 6.46. The van der Waals surface area contributed by atoms with Crippen LogP contribution >= 0.6 is 0 Å². The van der Waals surface area contributed by atoms with Gasteiger partial charge in [-0.2, -0.15) is 0 Å². The number of benzene rings is 1. The molecule has 0 aromatic heterocycles. The number of hydrogen-bond acceptors (Lipinski definition) is 2. The number of rotatable bonds is 5. The maximum atomic E-state index is 6.46. The van der Waals surface area contributed by atoms with E-state index in [9.17, 15) is 0 Å². The van der Waals surface area contributed by atoms with Gasteiger partial charge < -0.3 is 10.5 Å². The van der Waals surface area contributed by atoms with Gasteiger partial charge in [0.15, 0.2) is 0 Å². The summed E-state index contributed by atoms with van der Waals surface area (Å²) >= 11 is 0. The summed E-state index contributed by atoms with van der Waals surface area (Å²) in [5.41, 5.74) is 7.23. The van der Waals surface area contributed by atoms with Gasteiger partial charge in [0, 0.05) is 11.1 Å². The molecule has 2 N–H and O–H groups in total. The molecule has 0 amide bonds. The van der Waals surface area contributed by atoms with E-state index in [-0.39, 0.29) is 5.54 Å². The predicted octanol–water partition coefficient (Wildman–Crippen LogP) is 3.31. The van der Waals surface area contributed by atoms with Crippen molar-refractivity contribution < 1.29 is 4.74 Å². The predicted molar refractivity (Wildman–Crippen MR) is 68.6 cm³/mol. The summed E-state index contributed by atoms with van der Waals surface area (Å²) in [7, 11) is 1.69. The minimum Gasteiger partial charge on any atom is -0.496 e. The van der Waals surface area contributed by atoms with Crippen molar-refractivity contribution in [1.82, 2.24) is 0 Å². The van der Waals surface area contributed by atoms with Crippen molar-refractivity contribution in [3.63, 3.8) is 0 Å². The van der Waals surface area contributed by atoms with E-state index >= 15 is 0 Å². The van der Waals surface area contributed by atoms with Gasteiger partial charge in [-0.05, 0) is 25.3 Å². The van der Waals surface area contributed by atoms with Gasteiger partial charge in [-0.1, -0.05) is 38.5 Å². The highest BCUT2D eigenvalue weighted by Gasteiger charge is 2.30. The second-order valence-electron chi connectivity index (χ2n) is 4.67. The smallest absolute Gasteiger partial charge is 0.123 e. The number of hydrogen-bond donors (Lipinski definition) is 1. The van der Waals surface area contributed by atoms with Crippen LogP contribution in [0.3, 0.4) is 0 Å². The van der Waals surface area contributed by atoms with Crippen molar-refractivity contribution in [3.05, 3.63) is 29.8 Å². The fourth-order valence-corrected chi connectivity index (χ4v) is 2.09. The van der Waals surface area contributed by atoms with E-state index in [0.29, 0.717) is 5.92 Å². The molecule has 0 bridgehead atoms. The lowest BCUT2D eigenvalue weighted by Gasteiger charge is -2.33. The Kier molecular flexibility index (Phi) is 4.36. The molecule has 0 aliphatic heterocycles. The van der Waals surface area contributed by atoms with Crippen LogP contribution in [0.5, 0.6) is 5.75 Å². The summed E-state index contributed by atoms with van der Waals surface area (Å²) in [5.74, 6) is 1.32. The highest BCUT2D eigenvalue weighted by molar-refractivity contribution is 5.38. The zero-order valence-electron chi connectivity index (χ0n) is 10.8. The average molecular weight is 221 g/mol. The van der Waals surface area contributed by atoms with Gasteiger partial charge >= 0.3 is 0 Å². The minimum atomic E-state index is -0.331. The van der Waals surface area contributed by atoms with Gasteiger partial charge in [-0.25, -0.2) is 0 Å². The molecule has 1 rings (SSSR count). The molecule has 2 nitrogen and oxygen atoms in total. The Morgan fingerprint density at radius 1 is 1.38 bits per heavy atom. The van der Waals surface area contributed by atoms with Crippen molar-refractivity contribution in [2.75, 3.05) is 7.11 Å². The first-order chi connectivity index (χ1) is 7.54. The fraction of sp³-hybridized carbons (Fsp3) is 0.571. The molecule has 0 heterocycles. The molecule has 16 heavy (non-hydrogen) atoms. The van der Waals surface area contributed by atoms with Gasteiger partial charge in [0.05, 0.1) is 7.11 Å². The Bertz CT molecular complexity index is 333. The van der Waals surface area contributed by atoms with Crippen LogP contribution in [0, 0.1) is 5.92 Å². The van der Waals surface area contributed by atoms with Crippen molar-refractivity contribution in [3.8, 4) is 5.75 Å². The van der Waals surface area contributed by atoms with Crippen molar-refractivity contribution >= 4 is 0 Å². The van der Waals surface area contributed by atoms with Crippen LogP contribution in [0.25, 0.3) is 0 Å². The van der Waals surface area contributed by atoms with Gasteiger partial charge in [0.25, 0.3) is 0 Å². The largest absolute Gasteiger partial charge is 0.496 e. The van der Waals surface area contributed by atoms with Crippen LogP contribution in [0.2, 0.25) is 0 Å². The third-order valence-corrected chi connectivity index (χ3v) is 3.43. The molecule has 0 saturated heterocycles. The second-order valence-corrected chi connectivity index (χ2v) is 4.67. The molecule has 2 unspecified atom stereocenters. The minimum absolute atomic E-state index is 0.331. The molecule has 0 aliphatic carbocycles. The number of methoxy groups -OCH3 is 1. The van der Waals surface area contributed by atoms with Gasteiger partial charge in [-0.3, -0.25) is 0 Å². The monoisotopic (exact) mass is 221 g/mol. The zero-order valence-corrected chi connectivity index (χ0v) is 10.8. The van der Waals surface area contributed by atoms with E-state index in [1.54, 1.807) is 7.11 Å². The Hall–Kier alpha value is -1.02. The van der Waals surface area contributed by atoms with Gasteiger partial charge in [0.2, 0.25) is 0 Å². The molecule has 0 fully saturated rings. The molecule has 1 aromatic carbocycles. The Morgan fingerprint density at radius 3 is 2.56 bits per heavy atom. The molecule has 2 atom stereocenters. The van der Waals surface area contributed by atoms with Crippen molar-refractivity contribution in [2.24, 2.45) is 11.7 Å². The average Bonchev–Trinajstić information content (AvgIpc) is 2.29. The van der Waals surface area contributed by atoms with Gasteiger partial charge in [0.1, 0.15) is 5.75 Å². The quantitative estimate of drug-likeness (QED) is 0.828. The standard InChI is InChI=1S/C14H23NO/c1-5-8-11(2)14(3,15)12-9-6-7-10-13(12)16-4/h6-7,9-11H,5,8,15H2,1-4H3. The first kappa shape index (κ1) is 13.0. The first-order valence-corrected chi connectivity index (χ1v) is 5.96. The van der Waals surface area contributed by atoms with Crippen molar-refractivity contribution in [1.29, 1.82) is 0 Å². The molecule has 90 valence electrons. The summed E-state index contributed by atoms with van der Waals surface area (Å²) in [6, 6.07) is 8.02. The number of para-hydroxylation sites is 1. The molecule has 1 aromatic rings. The SMILES string of the molecule is CCCC(C)C(C)(N)c1ccccc1OC. The van der Waals surface area contributed by atoms with Gasteiger partial charge in [-0.15, -0.1) is 0 Å². The Labute approximate surface area is 98.8 Å². The summed E-state index contributed by atoms with van der Waals surface area (Å²) in [4.78, 5) is 0. The fourth-order valence-electron chi connectivity index (χ4n) is 2.09. The second kappa shape index (κ2) is 5.35. The van der Waals surface area contributed by atoms with Crippen LogP contribution in [0.1, 0.15) is 39.2 Å². The molecular weight excluding hydrogens is 198 g/mol. The van der Waals surface area contributed by atoms with E-state index in [1.165, 1.54) is 0 Å². The molecule has 0 aliphatic rings. The highest BCUT2D eigenvalue weighted by atomic mass is 16.5. The van der Waals surface area contributed by atoms with E-state index in [1.807, 2.05) is 18.2 Å². The highest BCUT2D eigenvalue weighted by Crippen LogP contribution is 2.35.